The van der Waals surface area contributed by atoms with Crippen molar-refractivity contribution < 1.29 is 4.74 Å². The Hall–Kier alpha value is -1.32. The quantitative estimate of drug-likeness (QED) is 0.760. The van der Waals surface area contributed by atoms with E-state index >= 15 is 0 Å². The summed E-state index contributed by atoms with van der Waals surface area (Å²) in [6.07, 6.45) is 2.17. The van der Waals surface area contributed by atoms with E-state index in [4.69, 9.17) is 4.74 Å². The lowest BCUT2D eigenvalue weighted by Crippen LogP contribution is -2.23. The van der Waals surface area contributed by atoms with E-state index in [1.54, 1.807) is 0 Å². The van der Waals surface area contributed by atoms with Gasteiger partial charge in [-0.05, 0) is 31.5 Å². The standard InChI is InChI=1S/C15H22N2O/c1-3-18-12-9-16-8-11-17-10-7-14-13(2)5-4-6-15(14)17/h4-7,10,16H,3,8-9,11-12H2,1-2H3. The molecule has 1 N–H and O–H groups in total. The Morgan fingerprint density at radius 2 is 2.11 bits per heavy atom. The monoisotopic (exact) mass is 246 g/mol. The minimum absolute atomic E-state index is 0.794. The van der Waals surface area contributed by atoms with Crippen LogP contribution in [0.3, 0.4) is 0 Å². The molecule has 98 valence electrons. The zero-order chi connectivity index (χ0) is 12.8. The summed E-state index contributed by atoms with van der Waals surface area (Å²) >= 11 is 0. The lowest BCUT2D eigenvalue weighted by atomic mass is 10.1. The third-order valence-corrected chi connectivity index (χ3v) is 3.19. The maximum Gasteiger partial charge on any atom is 0.0590 e. The fourth-order valence-electron chi connectivity index (χ4n) is 2.19. The lowest BCUT2D eigenvalue weighted by Gasteiger charge is -2.07. The van der Waals surface area contributed by atoms with Gasteiger partial charge in [0.15, 0.2) is 0 Å². The molecular weight excluding hydrogens is 224 g/mol. The maximum absolute atomic E-state index is 5.29. The fraction of sp³-hybridized carbons (Fsp3) is 0.467. The summed E-state index contributed by atoms with van der Waals surface area (Å²) in [6.45, 7) is 8.67. The minimum atomic E-state index is 0.794. The number of hydrogen-bond donors (Lipinski definition) is 1. The molecule has 0 aliphatic rings. The molecule has 2 rings (SSSR count). The van der Waals surface area contributed by atoms with E-state index in [-0.39, 0.29) is 0 Å². The summed E-state index contributed by atoms with van der Waals surface area (Å²) in [7, 11) is 0. The highest BCUT2D eigenvalue weighted by atomic mass is 16.5. The zero-order valence-electron chi connectivity index (χ0n) is 11.3. The highest BCUT2D eigenvalue weighted by Gasteiger charge is 2.01. The van der Waals surface area contributed by atoms with Crippen LogP contribution in [0, 0.1) is 6.92 Å². The van der Waals surface area contributed by atoms with E-state index in [1.807, 2.05) is 6.92 Å². The van der Waals surface area contributed by atoms with Crippen molar-refractivity contribution in [2.24, 2.45) is 0 Å². The van der Waals surface area contributed by atoms with Crippen molar-refractivity contribution in [3.63, 3.8) is 0 Å². The predicted octanol–water partition coefficient (Wildman–Crippen LogP) is 2.58. The molecule has 0 unspecified atom stereocenters. The van der Waals surface area contributed by atoms with Crippen LogP contribution < -0.4 is 5.32 Å². The van der Waals surface area contributed by atoms with Crippen LogP contribution in [0.1, 0.15) is 12.5 Å². The van der Waals surface area contributed by atoms with Gasteiger partial charge in [-0.15, -0.1) is 0 Å². The SMILES string of the molecule is CCOCCNCCn1ccc2c(C)cccc21. The van der Waals surface area contributed by atoms with Gasteiger partial charge < -0.3 is 14.6 Å². The summed E-state index contributed by atoms with van der Waals surface area (Å²) in [5.74, 6) is 0. The molecule has 1 aromatic heterocycles. The molecule has 18 heavy (non-hydrogen) atoms. The minimum Gasteiger partial charge on any atom is -0.380 e. The van der Waals surface area contributed by atoms with E-state index in [2.05, 4.69) is 47.3 Å². The summed E-state index contributed by atoms with van der Waals surface area (Å²) in [5.41, 5.74) is 2.66. The van der Waals surface area contributed by atoms with Crippen LogP contribution in [0.15, 0.2) is 30.5 Å². The first kappa shape index (κ1) is 13.1. The summed E-state index contributed by atoms with van der Waals surface area (Å²) in [5, 5.41) is 4.75. The highest BCUT2D eigenvalue weighted by molar-refractivity contribution is 5.83. The number of fused-ring (bicyclic) bond motifs is 1. The van der Waals surface area contributed by atoms with Gasteiger partial charge in [0.25, 0.3) is 0 Å². The Morgan fingerprint density at radius 3 is 2.94 bits per heavy atom. The van der Waals surface area contributed by atoms with Crippen LogP contribution in [0.25, 0.3) is 10.9 Å². The van der Waals surface area contributed by atoms with Gasteiger partial charge in [-0.25, -0.2) is 0 Å². The van der Waals surface area contributed by atoms with Crippen LogP contribution in [0.2, 0.25) is 0 Å². The Morgan fingerprint density at radius 1 is 1.22 bits per heavy atom. The molecule has 0 aliphatic heterocycles. The number of nitrogens with zero attached hydrogens (tertiary/aromatic N) is 1. The van der Waals surface area contributed by atoms with Gasteiger partial charge >= 0.3 is 0 Å². The Balaban J connectivity index is 1.86. The van der Waals surface area contributed by atoms with Gasteiger partial charge in [-0.2, -0.15) is 0 Å². The third-order valence-electron chi connectivity index (χ3n) is 3.19. The smallest absolute Gasteiger partial charge is 0.0590 e. The summed E-state index contributed by atoms with van der Waals surface area (Å²) in [4.78, 5) is 0. The predicted molar refractivity (Wildman–Crippen MR) is 76.0 cm³/mol. The van der Waals surface area contributed by atoms with Crippen molar-refractivity contribution in [3.05, 3.63) is 36.0 Å². The fourth-order valence-corrected chi connectivity index (χ4v) is 2.19. The maximum atomic E-state index is 5.29. The molecule has 3 nitrogen and oxygen atoms in total. The van der Waals surface area contributed by atoms with Crippen LogP contribution in [-0.2, 0) is 11.3 Å². The van der Waals surface area contributed by atoms with Gasteiger partial charge in [-0.3, -0.25) is 0 Å². The first-order valence-electron chi connectivity index (χ1n) is 6.66. The van der Waals surface area contributed by atoms with Gasteiger partial charge in [0, 0.05) is 43.3 Å². The topological polar surface area (TPSA) is 26.2 Å². The van der Waals surface area contributed by atoms with Crippen molar-refractivity contribution in [1.29, 1.82) is 0 Å². The molecule has 0 saturated carbocycles. The number of aromatic nitrogens is 1. The Labute approximate surface area is 109 Å². The molecule has 0 atom stereocenters. The van der Waals surface area contributed by atoms with Crippen LogP contribution in [0.4, 0.5) is 0 Å². The zero-order valence-corrected chi connectivity index (χ0v) is 11.3. The number of ether oxygens (including phenoxy) is 1. The number of benzene rings is 1. The molecule has 0 fully saturated rings. The number of nitrogens with one attached hydrogen (secondary N) is 1. The lowest BCUT2D eigenvalue weighted by molar-refractivity contribution is 0.149. The number of rotatable bonds is 7. The van der Waals surface area contributed by atoms with E-state index in [1.165, 1.54) is 16.5 Å². The van der Waals surface area contributed by atoms with Gasteiger partial charge in [-0.1, -0.05) is 12.1 Å². The first-order chi connectivity index (χ1) is 8.83. The van der Waals surface area contributed by atoms with E-state index in [0.717, 1.165) is 32.8 Å². The van der Waals surface area contributed by atoms with Crippen LogP contribution >= 0.6 is 0 Å². The molecule has 0 radical (unpaired) electrons. The largest absolute Gasteiger partial charge is 0.380 e. The first-order valence-corrected chi connectivity index (χ1v) is 6.66. The van der Waals surface area contributed by atoms with E-state index in [0.29, 0.717) is 0 Å². The molecule has 3 heteroatoms. The number of hydrogen-bond acceptors (Lipinski definition) is 2. The van der Waals surface area contributed by atoms with Crippen LogP contribution in [-0.4, -0.2) is 30.9 Å². The van der Waals surface area contributed by atoms with Crippen molar-refractivity contribution in [2.75, 3.05) is 26.3 Å². The molecule has 0 aliphatic carbocycles. The second kappa shape index (κ2) is 6.57. The molecular formula is C15H22N2O. The van der Waals surface area contributed by atoms with E-state index in [9.17, 15) is 0 Å². The van der Waals surface area contributed by atoms with Crippen molar-refractivity contribution in [2.45, 2.75) is 20.4 Å². The molecule has 1 aromatic carbocycles. The Bertz CT molecular complexity index is 490. The molecule has 0 bridgehead atoms. The van der Waals surface area contributed by atoms with Crippen molar-refractivity contribution in [3.8, 4) is 0 Å². The highest BCUT2D eigenvalue weighted by Crippen LogP contribution is 2.19. The molecule has 0 amide bonds. The van der Waals surface area contributed by atoms with Crippen molar-refractivity contribution >= 4 is 10.9 Å². The van der Waals surface area contributed by atoms with Gasteiger partial charge in [0.2, 0.25) is 0 Å². The number of aryl methyl sites for hydroxylation is 1. The van der Waals surface area contributed by atoms with Gasteiger partial charge in [0.1, 0.15) is 0 Å². The summed E-state index contributed by atoms with van der Waals surface area (Å²) < 4.78 is 7.59. The molecule has 1 heterocycles. The average molecular weight is 246 g/mol. The second-order valence-corrected chi connectivity index (χ2v) is 4.46. The second-order valence-electron chi connectivity index (χ2n) is 4.46. The van der Waals surface area contributed by atoms with Crippen LogP contribution in [0.5, 0.6) is 0 Å². The third kappa shape index (κ3) is 3.12. The molecule has 0 saturated heterocycles. The molecule has 2 aromatic rings. The summed E-state index contributed by atoms with van der Waals surface area (Å²) in [6, 6.07) is 8.66. The van der Waals surface area contributed by atoms with Crippen molar-refractivity contribution in [1.82, 2.24) is 9.88 Å². The van der Waals surface area contributed by atoms with Gasteiger partial charge in [0.05, 0.1) is 6.61 Å². The average Bonchev–Trinajstić information content (AvgIpc) is 2.79. The Kier molecular flexibility index (Phi) is 4.79. The van der Waals surface area contributed by atoms with E-state index < -0.39 is 0 Å². The molecule has 0 spiro atoms. The normalized spacial score (nSPS) is 11.2.